The molecule has 0 unspecified atom stereocenters. The molecule has 0 radical (unpaired) electrons. The van der Waals surface area contributed by atoms with E-state index in [0.29, 0.717) is 4.88 Å². The van der Waals surface area contributed by atoms with Gasteiger partial charge in [-0.3, -0.25) is 0 Å². The number of carbonyl (C=O) groups is 1. The highest BCUT2D eigenvalue weighted by molar-refractivity contribution is 14.1. The van der Waals surface area contributed by atoms with Crippen LogP contribution >= 0.6 is 33.9 Å². The Morgan fingerprint density at radius 3 is 2.54 bits per heavy atom. The number of rotatable bonds is 1. The Hall–Kier alpha value is -0.100. The normalized spacial score (nSPS) is 11.4. The third kappa shape index (κ3) is 3.64. The number of hydrogen-bond acceptors (Lipinski definition) is 3. The Kier molecular flexibility index (Phi) is 3.34. The summed E-state index contributed by atoms with van der Waals surface area (Å²) in [7, 11) is 0. The fourth-order valence-corrected chi connectivity index (χ4v) is 2.29. The molecule has 4 heteroatoms. The lowest BCUT2D eigenvalue weighted by Gasteiger charge is -2.18. The molecule has 1 rings (SSSR count). The van der Waals surface area contributed by atoms with E-state index in [1.807, 2.05) is 32.2 Å². The molecule has 0 amide bonds. The van der Waals surface area contributed by atoms with Gasteiger partial charge in [-0.1, -0.05) is 0 Å². The van der Waals surface area contributed by atoms with Gasteiger partial charge in [0.2, 0.25) is 0 Å². The van der Waals surface area contributed by atoms with Gasteiger partial charge in [-0.2, -0.15) is 0 Å². The maximum absolute atomic E-state index is 11.5. The summed E-state index contributed by atoms with van der Waals surface area (Å²) >= 11 is 3.59. The van der Waals surface area contributed by atoms with E-state index < -0.39 is 5.60 Å². The van der Waals surface area contributed by atoms with Crippen molar-refractivity contribution in [3.63, 3.8) is 0 Å². The summed E-state index contributed by atoms with van der Waals surface area (Å²) < 4.78 is 6.28. The molecule has 0 aromatic carbocycles. The molecule has 1 heterocycles. The maximum atomic E-state index is 11.5. The SMILES string of the molecule is CC(C)(C)OC(=O)c1cc(I)cs1. The number of hydrogen-bond donors (Lipinski definition) is 0. The monoisotopic (exact) mass is 310 g/mol. The first-order valence-corrected chi connectivity index (χ1v) is 5.82. The summed E-state index contributed by atoms with van der Waals surface area (Å²) in [6, 6.07) is 1.83. The fraction of sp³-hybridized carbons (Fsp3) is 0.444. The van der Waals surface area contributed by atoms with Crippen LogP contribution in [0.4, 0.5) is 0 Å². The zero-order chi connectivity index (χ0) is 10.1. The lowest BCUT2D eigenvalue weighted by atomic mass is 10.2. The smallest absolute Gasteiger partial charge is 0.348 e. The maximum Gasteiger partial charge on any atom is 0.348 e. The minimum Gasteiger partial charge on any atom is -0.456 e. The van der Waals surface area contributed by atoms with Crippen LogP contribution in [0, 0.1) is 3.57 Å². The zero-order valence-corrected chi connectivity index (χ0v) is 10.7. The van der Waals surface area contributed by atoms with Crippen LogP contribution in [0.15, 0.2) is 11.4 Å². The minimum atomic E-state index is -0.410. The molecule has 0 saturated carbocycles. The van der Waals surface area contributed by atoms with E-state index >= 15 is 0 Å². The number of halogens is 1. The first-order valence-electron chi connectivity index (χ1n) is 3.86. The van der Waals surface area contributed by atoms with Gasteiger partial charge in [-0.05, 0) is 49.4 Å². The summed E-state index contributed by atoms with van der Waals surface area (Å²) in [6.07, 6.45) is 0. The van der Waals surface area contributed by atoms with Crippen LogP contribution in [0.1, 0.15) is 30.4 Å². The van der Waals surface area contributed by atoms with Crippen LogP contribution in [0.2, 0.25) is 0 Å². The Balaban J connectivity index is 2.70. The fourth-order valence-electron chi connectivity index (χ4n) is 0.748. The zero-order valence-electron chi connectivity index (χ0n) is 7.76. The van der Waals surface area contributed by atoms with E-state index in [1.165, 1.54) is 11.3 Å². The molecule has 0 N–H and O–H groups in total. The lowest BCUT2D eigenvalue weighted by Crippen LogP contribution is -2.23. The van der Waals surface area contributed by atoms with E-state index in [1.54, 1.807) is 0 Å². The predicted octanol–water partition coefficient (Wildman–Crippen LogP) is 3.31. The second kappa shape index (κ2) is 3.96. The summed E-state index contributed by atoms with van der Waals surface area (Å²) in [5, 5.41) is 1.93. The summed E-state index contributed by atoms with van der Waals surface area (Å²) in [6.45, 7) is 5.59. The van der Waals surface area contributed by atoms with Crippen molar-refractivity contribution in [2.45, 2.75) is 26.4 Å². The number of ether oxygens (including phenoxy) is 1. The Labute approximate surface area is 95.4 Å². The molecular weight excluding hydrogens is 299 g/mol. The van der Waals surface area contributed by atoms with Gasteiger partial charge < -0.3 is 4.74 Å². The van der Waals surface area contributed by atoms with Crippen LogP contribution in [-0.4, -0.2) is 11.6 Å². The molecule has 0 spiro atoms. The first kappa shape index (κ1) is 11.0. The summed E-state index contributed by atoms with van der Waals surface area (Å²) in [4.78, 5) is 12.1. The standard InChI is InChI=1S/C9H11IO2S/c1-9(2,3)12-8(11)7-4-6(10)5-13-7/h4-5H,1-3H3. The van der Waals surface area contributed by atoms with Gasteiger partial charge in [0.15, 0.2) is 0 Å². The van der Waals surface area contributed by atoms with Crippen molar-refractivity contribution in [2.75, 3.05) is 0 Å². The van der Waals surface area contributed by atoms with Gasteiger partial charge in [0.1, 0.15) is 10.5 Å². The number of esters is 1. The van der Waals surface area contributed by atoms with Crippen molar-refractivity contribution < 1.29 is 9.53 Å². The van der Waals surface area contributed by atoms with E-state index in [2.05, 4.69) is 22.6 Å². The van der Waals surface area contributed by atoms with Gasteiger partial charge in [0.05, 0.1) is 0 Å². The highest BCUT2D eigenvalue weighted by Gasteiger charge is 2.18. The van der Waals surface area contributed by atoms with Gasteiger partial charge in [0.25, 0.3) is 0 Å². The van der Waals surface area contributed by atoms with Crippen molar-refractivity contribution in [2.24, 2.45) is 0 Å². The third-order valence-corrected chi connectivity index (χ3v) is 3.12. The molecule has 0 bridgehead atoms. The molecule has 2 nitrogen and oxygen atoms in total. The molecule has 0 fully saturated rings. The molecule has 1 aromatic heterocycles. The van der Waals surface area contributed by atoms with Crippen molar-refractivity contribution in [3.05, 3.63) is 19.9 Å². The third-order valence-electron chi connectivity index (χ3n) is 1.17. The van der Waals surface area contributed by atoms with Crippen LogP contribution in [0.5, 0.6) is 0 Å². The van der Waals surface area contributed by atoms with Crippen LogP contribution in [0.3, 0.4) is 0 Å². The second-order valence-electron chi connectivity index (χ2n) is 3.63. The van der Waals surface area contributed by atoms with Crippen LogP contribution in [0.25, 0.3) is 0 Å². The molecule has 0 atom stereocenters. The van der Waals surface area contributed by atoms with Crippen molar-refractivity contribution in [1.29, 1.82) is 0 Å². The predicted molar refractivity (Wildman–Crippen MR) is 62.2 cm³/mol. The average molecular weight is 310 g/mol. The van der Waals surface area contributed by atoms with Gasteiger partial charge in [-0.15, -0.1) is 11.3 Å². The summed E-state index contributed by atoms with van der Waals surface area (Å²) in [5.74, 6) is -0.236. The van der Waals surface area contributed by atoms with Crippen molar-refractivity contribution in [1.82, 2.24) is 0 Å². The molecule has 0 aliphatic heterocycles. The largest absolute Gasteiger partial charge is 0.456 e. The second-order valence-corrected chi connectivity index (χ2v) is 5.79. The van der Waals surface area contributed by atoms with Gasteiger partial charge >= 0.3 is 5.97 Å². The number of carbonyl (C=O) groups excluding carboxylic acids is 1. The molecule has 0 aliphatic rings. The highest BCUT2D eigenvalue weighted by atomic mass is 127. The van der Waals surface area contributed by atoms with Gasteiger partial charge in [0, 0.05) is 8.95 Å². The average Bonchev–Trinajstić information content (AvgIpc) is 2.31. The summed E-state index contributed by atoms with van der Waals surface area (Å²) in [5.41, 5.74) is -0.410. The van der Waals surface area contributed by atoms with E-state index in [9.17, 15) is 4.79 Å². The molecule has 13 heavy (non-hydrogen) atoms. The molecule has 0 aliphatic carbocycles. The van der Waals surface area contributed by atoms with Crippen molar-refractivity contribution in [3.8, 4) is 0 Å². The molecule has 72 valence electrons. The highest BCUT2D eigenvalue weighted by Crippen LogP contribution is 2.19. The molecule has 0 saturated heterocycles. The van der Waals surface area contributed by atoms with E-state index in [0.717, 1.165) is 3.57 Å². The number of thiophene rings is 1. The van der Waals surface area contributed by atoms with Crippen LogP contribution < -0.4 is 0 Å². The minimum absolute atomic E-state index is 0.236. The van der Waals surface area contributed by atoms with E-state index in [4.69, 9.17) is 4.74 Å². The van der Waals surface area contributed by atoms with Crippen molar-refractivity contribution >= 4 is 39.9 Å². The van der Waals surface area contributed by atoms with E-state index in [-0.39, 0.29) is 5.97 Å². The topological polar surface area (TPSA) is 26.3 Å². The Morgan fingerprint density at radius 1 is 1.54 bits per heavy atom. The van der Waals surface area contributed by atoms with Crippen LogP contribution in [-0.2, 0) is 4.74 Å². The Bertz CT molecular complexity index is 312. The Morgan fingerprint density at radius 2 is 2.15 bits per heavy atom. The molecule has 1 aromatic rings. The van der Waals surface area contributed by atoms with Gasteiger partial charge in [-0.25, -0.2) is 4.79 Å². The lowest BCUT2D eigenvalue weighted by molar-refractivity contribution is 0.00752. The first-order chi connectivity index (χ1) is 5.88. The quantitative estimate of drug-likeness (QED) is 0.587. The molecular formula is C9H11IO2S.